The first-order valence-corrected chi connectivity index (χ1v) is 6.30. The van der Waals surface area contributed by atoms with Gasteiger partial charge in [0.1, 0.15) is 5.75 Å². The Balaban J connectivity index is 2.65. The van der Waals surface area contributed by atoms with Gasteiger partial charge in [-0.15, -0.1) is 0 Å². The van der Waals surface area contributed by atoms with Gasteiger partial charge in [0.15, 0.2) is 0 Å². The van der Waals surface area contributed by atoms with E-state index in [1.54, 1.807) is 0 Å². The Morgan fingerprint density at radius 3 is 2.89 bits per heavy atom. The summed E-state index contributed by atoms with van der Waals surface area (Å²) in [6, 6.07) is 2.93. The zero-order valence-electron chi connectivity index (χ0n) is 9.91. The number of aromatic hydroxyl groups is 1. The van der Waals surface area contributed by atoms with Gasteiger partial charge in [0, 0.05) is 17.0 Å². The Bertz CT molecular complexity index is 462. The minimum absolute atomic E-state index is 0.118. The van der Waals surface area contributed by atoms with E-state index in [4.69, 9.17) is 23.2 Å². The Hall–Kier alpha value is -1.26. The molecule has 1 aromatic carbocycles. The van der Waals surface area contributed by atoms with Crippen LogP contribution >= 0.6 is 23.2 Å². The lowest BCUT2D eigenvalue weighted by Gasteiger charge is -2.02. The average molecular weight is 289 g/mol. The van der Waals surface area contributed by atoms with Gasteiger partial charge >= 0.3 is 0 Å². The summed E-state index contributed by atoms with van der Waals surface area (Å²) in [5, 5.41) is 13.9. The van der Waals surface area contributed by atoms with Gasteiger partial charge < -0.3 is 5.11 Å². The predicted molar refractivity (Wildman–Crippen MR) is 73.4 cm³/mol. The second-order valence-corrected chi connectivity index (χ2v) is 4.57. The van der Waals surface area contributed by atoms with Crippen LogP contribution in [0, 0.1) is 0 Å². The van der Waals surface area contributed by atoms with Crippen molar-refractivity contribution in [3.05, 3.63) is 27.7 Å². The number of hydrazone groups is 1. The summed E-state index contributed by atoms with van der Waals surface area (Å²) >= 11 is 11.5. The van der Waals surface area contributed by atoms with Crippen molar-refractivity contribution in [3.63, 3.8) is 0 Å². The molecule has 0 saturated heterocycles. The van der Waals surface area contributed by atoms with E-state index in [0.717, 1.165) is 12.8 Å². The van der Waals surface area contributed by atoms with Crippen LogP contribution in [0.3, 0.4) is 0 Å². The number of hydrogen-bond donors (Lipinski definition) is 2. The van der Waals surface area contributed by atoms with E-state index in [2.05, 4.69) is 10.5 Å². The summed E-state index contributed by atoms with van der Waals surface area (Å²) in [5.41, 5.74) is 2.72. The number of unbranched alkanes of at least 4 members (excludes halogenated alkanes) is 1. The molecule has 0 atom stereocenters. The van der Waals surface area contributed by atoms with Crippen molar-refractivity contribution in [2.24, 2.45) is 5.10 Å². The number of rotatable bonds is 5. The Morgan fingerprint density at radius 2 is 2.22 bits per heavy atom. The number of amides is 1. The van der Waals surface area contributed by atoms with Gasteiger partial charge in [-0.25, -0.2) is 5.43 Å². The van der Waals surface area contributed by atoms with Gasteiger partial charge in [-0.3, -0.25) is 4.79 Å². The lowest BCUT2D eigenvalue weighted by atomic mass is 10.2. The van der Waals surface area contributed by atoms with Crippen LogP contribution in [0.2, 0.25) is 10.0 Å². The van der Waals surface area contributed by atoms with Crippen molar-refractivity contribution in [2.45, 2.75) is 26.2 Å². The molecule has 1 amide bonds. The maximum atomic E-state index is 11.3. The first-order valence-electron chi connectivity index (χ1n) is 5.54. The second kappa shape index (κ2) is 7.24. The third-order valence-electron chi connectivity index (χ3n) is 2.21. The number of phenolic OH excluding ortho intramolecular Hbond substituents is 1. The molecule has 0 saturated carbocycles. The molecule has 0 bridgehead atoms. The molecule has 0 aliphatic carbocycles. The van der Waals surface area contributed by atoms with E-state index < -0.39 is 0 Å². The molecule has 0 aromatic heterocycles. The monoisotopic (exact) mass is 288 g/mol. The lowest BCUT2D eigenvalue weighted by molar-refractivity contribution is -0.121. The van der Waals surface area contributed by atoms with Gasteiger partial charge in [0.05, 0.1) is 11.2 Å². The number of nitrogens with one attached hydrogen (secondary N) is 1. The normalized spacial score (nSPS) is 10.8. The lowest BCUT2D eigenvalue weighted by Crippen LogP contribution is -2.16. The molecule has 0 spiro atoms. The van der Waals surface area contributed by atoms with Crippen LogP contribution in [0.1, 0.15) is 31.7 Å². The van der Waals surface area contributed by atoms with Gasteiger partial charge in [0.2, 0.25) is 5.91 Å². The van der Waals surface area contributed by atoms with Crippen molar-refractivity contribution in [3.8, 4) is 5.75 Å². The zero-order chi connectivity index (χ0) is 13.5. The van der Waals surface area contributed by atoms with E-state index in [0.29, 0.717) is 17.0 Å². The predicted octanol–water partition coefficient (Wildman–Crippen LogP) is 3.34. The summed E-state index contributed by atoms with van der Waals surface area (Å²) in [5.74, 6) is -0.284. The van der Waals surface area contributed by atoms with Crippen LogP contribution in [0.4, 0.5) is 0 Å². The molecule has 18 heavy (non-hydrogen) atoms. The van der Waals surface area contributed by atoms with Crippen LogP contribution in [0.15, 0.2) is 17.2 Å². The summed E-state index contributed by atoms with van der Waals surface area (Å²) in [6.45, 7) is 2.00. The molecule has 0 aliphatic heterocycles. The Morgan fingerprint density at radius 1 is 1.50 bits per heavy atom. The highest BCUT2D eigenvalue weighted by atomic mass is 35.5. The number of benzene rings is 1. The molecule has 4 nitrogen and oxygen atoms in total. The van der Waals surface area contributed by atoms with Crippen molar-refractivity contribution in [1.82, 2.24) is 5.43 Å². The SMILES string of the molecule is CCCCC(=O)N/N=C\c1cc(Cl)cc(Cl)c1O. The Kier molecular flexibility index (Phi) is 5.95. The fraction of sp³-hybridized carbons (Fsp3) is 0.333. The number of carbonyl (C=O) groups is 1. The quantitative estimate of drug-likeness (QED) is 0.645. The number of carbonyl (C=O) groups excluding carboxylic acids is 1. The van der Waals surface area contributed by atoms with Crippen LogP contribution in [0.25, 0.3) is 0 Å². The van der Waals surface area contributed by atoms with E-state index in [1.807, 2.05) is 6.92 Å². The standard InChI is InChI=1S/C12H14Cl2N2O2/c1-2-3-4-11(17)16-15-7-8-5-9(13)6-10(14)12(8)18/h5-7,18H,2-4H2,1H3,(H,16,17)/b15-7-. The molecular formula is C12H14Cl2N2O2. The highest BCUT2D eigenvalue weighted by Gasteiger charge is 2.06. The number of phenols is 1. The largest absolute Gasteiger partial charge is 0.506 e. The van der Waals surface area contributed by atoms with Gasteiger partial charge in [0.25, 0.3) is 0 Å². The molecule has 0 fully saturated rings. The molecule has 1 aromatic rings. The molecule has 0 heterocycles. The fourth-order valence-corrected chi connectivity index (χ4v) is 1.76. The molecular weight excluding hydrogens is 275 g/mol. The van der Waals surface area contributed by atoms with E-state index in [1.165, 1.54) is 18.3 Å². The average Bonchev–Trinajstić information content (AvgIpc) is 2.32. The molecule has 2 N–H and O–H groups in total. The molecule has 6 heteroatoms. The first kappa shape index (κ1) is 14.8. The van der Waals surface area contributed by atoms with E-state index >= 15 is 0 Å². The highest BCUT2D eigenvalue weighted by Crippen LogP contribution is 2.29. The minimum Gasteiger partial charge on any atom is -0.506 e. The maximum absolute atomic E-state index is 11.3. The summed E-state index contributed by atoms with van der Waals surface area (Å²) in [7, 11) is 0. The highest BCUT2D eigenvalue weighted by molar-refractivity contribution is 6.36. The van der Waals surface area contributed by atoms with Crippen molar-refractivity contribution >= 4 is 35.3 Å². The molecule has 0 aliphatic rings. The number of nitrogens with zero attached hydrogens (tertiary/aromatic N) is 1. The number of halogens is 2. The van der Waals surface area contributed by atoms with Crippen molar-refractivity contribution in [1.29, 1.82) is 0 Å². The fourth-order valence-electron chi connectivity index (χ4n) is 1.25. The summed E-state index contributed by atoms with van der Waals surface area (Å²) in [4.78, 5) is 11.3. The van der Waals surface area contributed by atoms with Gasteiger partial charge in [-0.05, 0) is 18.6 Å². The third-order valence-corrected chi connectivity index (χ3v) is 2.71. The first-order chi connectivity index (χ1) is 8.54. The minimum atomic E-state index is -0.166. The molecule has 98 valence electrons. The second-order valence-electron chi connectivity index (χ2n) is 3.72. The van der Waals surface area contributed by atoms with Crippen LogP contribution in [-0.4, -0.2) is 17.2 Å². The molecule has 1 rings (SSSR count). The zero-order valence-corrected chi connectivity index (χ0v) is 11.4. The molecule has 0 radical (unpaired) electrons. The van der Waals surface area contributed by atoms with Crippen LogP contribution in [0.5, 0.6) is 5.75 Å². The smallest absolute Gasteiger partial charge is 0.240 e. The van der Waals surface area contributed by atoms with Crippen LogP contribution < -0.4 is 5.43 Å². The van der Waals surface area contributed by atoms with Gasteiger partial charge in [-0.2, -0.15) is 5.10 Å². The van der Waals surface area contributed by atoms with E-state index in [9.17, 15) is 9.90 Å². The van der Waals surface area contributed by atoms with Crippen molar-refractivity contribution in [2.75, 3.05) is 0 Å². The topological polar surface area (TPSA) is 61.7 Å². The number of hydrogen-bond acceptors (Lipinski definition) is 3. The van der Waals surface area contributed by atoms with Crippen LogP contribution in [-0.2, 0) is 4.79 Å². The maximum Gasteiger partial charge on any atom is 0.240 e. The molecule has 0 unspecified atom stereocenters. The summed E-state index contributed by atoms with van der Waals surface area (Å²) < 4.78 is 0. The summed E-state index contributed by atoms with van der Waals surface area (Å²) in [6.07, 6.45) is 3.49. The van der Waals surface area contributed by atoms with E-state index in [-0.39, 0.29) is 16.7 Å². The van der Waals surface area contributed by atoms with Crippen molar-refractivity contribution < 1.29 is 9.90 Å². The third kappa shape index (κ3) is 4.55. The Labute approximate surface area is 116 Å². The van der Waals surface area contributed by atoms with Gasteiger partial charge in [-0.1, -0.05) is 36.5 Å².